The molecule has 1 N–H and O–H groups in total. The molecule has 0 aliphatic carbocycles. The Morgan fingerprint density at radius 1 is 1.71 bits per heavy atom. The minimum atomic E-state index is -0.538. The fourth-order valence-electron chi connectivity index (χ4n) is 1.02. The highest BCUT2D eigenvalue weighted by molar-refractivity contribution is 7.71. The van der Waals surface area contributed by atoms with Crippen molar-refractivity contribution in [3.63, 3.8) is 0 Å². The minimum absolute atomic E-state index is 0.204. The second-order valence-electron chi connectivity index (χ2n) is 2.72. The van der Waals surface area contributed by atoms with Gasteiger partial charge in [-0.25, -0.2) is 4.79 Å². The second-order valence-corrected chi connectivity index (χ2v) is 3.10. The number of hydrogen-bond acceptors (Lipinski definition) is 4. The van der Waals surface area contributed by atoms with Gasteiger partial charge in [0, 0.05) is 12.3 Å². The Morgan fingerprint density at radius 2 is 2.36 bits per heavy atom. The van der Waals surface area contributed by atoms with Crippen LogP contribution in [0.5, 0.6) is 0 Å². The molecular formula is C8H10N2O3S. The van der Waals surface area contributed by atoms with E-state index < -0.39 is 12.0 Å². The Hall–Kier alpha value is -1.43. The Morgan fingerprint density at radius 3 is 2.86 bits per heavy atom. The van der Waals surface area contributed by atoms with Gasteiger partial charge in [0.15, 0.2) is 4.77 Å². The number of H-pyrrole nitrogens is 1. The van der Waals surface area contributed by atoms with Gasteiger partial charge in [-0.05, 0) is 19.1 Å². The van der Waals surface area contributed by atoms with Gasteiger partial charge in [0.05, 0.1) is 7.11 Å². The lowest BCUT2D eigenvalue weighted by molar-refractivity contribution is -0.144. The maximum absolute atomic E-state index is 11.2. The van der Waals surface area contributed by atoms with Crippen molar-refractivity contribution in [2.75, 3.05) is 7.11 Å². The number of hydrogen-bond donors (Lipinski definition) is 1. The van der Waals surface area contributed by atoms with Crippen molar-refractivity contribution in [2.45, 2.75) is 13.0 Å². The Labute approximate surface area is 85.3 Å². The molecule has 0 aliphatic rings. The van der Waals surface area contributed by atoms with E-state index in [1.807, 2.05) is 0 Å². The quantitative estimate of drug-likeness (QED) is 0.579. The Kier molecular flexibility index (Phi) is 3.19. The van der Waals surface area contributed by atoms with Crippen LogP contribution in [0.1, 0.15) is 13.0 Å². The van der Waals surface area contributed by atoms with Gasteiger partial charge in [-0.1, -0.05) is 0 Å². The molecular weight excluding hydrogens is 204 g/mol. The maximum Gasteiger partial charge on any atom is 0.328 e. The van der Waals surface area contributed by atoms with E-state index in [2.05, 4.69) is 9.72 Å². The lowest BCUT2D eigenvalue weighted by atomic mass is 10.3. The van der Waals surface area contributed by atoms with Gasteiger partial charge >= 0.3 is 5.97 Å². The van der Waals surface area contributed by atoms with Gasteiger partial charge in [0.25, 0.3) is 5.56 Å². The summed E-state index contributed by atoms with van der Waals surface area (Å²) in [6.07, 6.45) is 1.46. The van der Waals surface area contributed by atoms with Crippen LogP contribution in [0.3, 0.4) is 0 Å². The highest BCUT2D eigenvalue weighted by Crippen LogP contribution is 2.05. The predicted molar refractivity (Wildman–Crippen MR) is 52.6 cm³/mol. The first-order chi connectivity index (χ1) is 6.56. The molecule has 76 valence electrons. The molecule has 0 aliphatic heterocycles. The first kappa shape index (κ1) is 10.6. The molecule has 1 unspecified atom stereocenters. The standard InChI is InChI=1S/C8H10N2O3S/c1-5(7(12)13-2)10-4-3-6(11)9-8(10)14/h3-5H,1-2H3,(H,9,11,14). The summed E-state index contributed by atoms with van der Waals surface area (Å²) in [5.74, 6) is -0.409. The predicted octanol–water partition coefficient (Wildman–Crippen LogP) is 0.640. The zero-order valence-corrected chi connectivity index (χ0v) is 8.63. The van der Waals surface area contributed by atoms with Crippen molar-refractivity contribution >= 4 is 18.2 Å². The van der Waals surface area contributed by atoms with Crippen molar-refractivity contribution < 1.29 is 9.53 Å². The number of ether oxygens (including phenoxy) is 1. The molecule has 14 heavy (non-hydrogen) atoms. The van der Waals surface area contributed by atoms with Crippen molar-refractivity contribution in [3.8, 4) is 0 Å². The molecule has 0 radical (unpaired) electrons. The highest BCUT2D eigenvalue weighted by Gasteiger charge is 2.14. The third-order valence-electron chi connectivity index (χ3n) is 1.81. The van der Waals surface area contributed by atoms with Crippen molar-refractivity contribution in [2.24, 2.45) is 0 Å². The Bertz CT molecular complexity index is 448. The van der Waals surface area contributed by atoms with Crippen LogP contribution in [0.4, 0.5) is 0 Å². The largest absolute Gasteiger partial charge is 0.467 e. The van der Waals surface area contributed by atoms with E-state index in [4.69, 9.17) is 12.2 Å². The van der Waals surface area contributed by atoms with E-state index in [0.29, 0.717) is 0 Å². The summed E-state index contributed by atoms with van der Waals surface area (Å²) in [6, 6.07) is 0.763. The summed E-state index contributed by atoms with van der Waals surface area (Å²) < 4.78 is 6.22. The van der Waals surface area contributed by atoms with Gasteiger partial charge in [0.2, 0.25) is 0 Å². The first-order valence-corrected chi connectivity index (χ1v) is 4.36. The maximum atomic E-state index is 11.2. The van der Waals surface area contributed by atoms with Gasteiger partial charge in [0.1, 0.15) is 6.04 Å². The van der Waals surface area contributed by atoms with Crippen LogP contribution < -0.4 is 5.56 Å². The van der Waals surface area contributed by atoms with Crippen LogP contribution in [-0.4, -0.2) is 22.6 Å². The number of rotatable bonds is 2. The summed E-state index contributed by atoms with van der Waals surface area (Å²) >= 11 is 4.88. The number of carbonyl (C=O) groups excluding carboxylic acids is 1. The monoisotopic (exact) mass is 214 g/mol. The van der Waals surface area contributed by atoms with Crippen LogP contribution in [0, 0.1) is 4.77 Å². The molecule has 0 fully saturated rings. The van der Waals surface area contributed by atoms with Crippen LogP contribution in [0.25, 0.3) is 0 Å². The van der Waals surface area contributed by atoms with E-state index in [0.717, 1.165) is 0 Å². The lowest BCUT2D eigenvalue weighted by Crippen LogP contribution is -2.21. The minimum Gasteiger partial charge on any atom is -0.467 e. The second kappa shape index (κ2) is 4.19. The molecule has 1 rings (SSSR count). The molecule has 1 aromatic rings. The topological polar surface area (TPSA) is 64.1 Å². The lowest BCUT2D eigenvalue weighted by Gasteiger charge is -2.12. The highest BCUT2D eigenvalue weighted by atomic mass is 32.1. The van der Waals surface area contributed by atoms with E-state index in [1.165, 1.54) is 23.9 Å². The molecule has 6 heteroatoms. The van der Waals surface area contributed by atoms with E-state index in [-0.39, 0.29) is 10.3 Å². The van der Waals surface area contributed by atoms with Gasteiger partial charge in [-0.15, -0.1) is 0 Å². The van der Waals surface area contributed by atoms with E-state index >= 15 is 0 Å². The zero-order chi connectivity index (χ0) is 10.7. The molecule has 0 aromatic carbocycles. The summed E-state index contributed by atoms with van der Waals surface area (Å²) in [4.78, 5) is 24.4. The number of aromatic amines is 1. The number of aromatic nitrogens is 2. The average molecular weight is 214 g/mol. The fraction of sp³-hybridized carbons (Fsp3) is 0.375. The number of nitrogens with zero attached hydrogens (tertiary/aromatic N) is 1. The smallest absolute Gasteiger partial charge is 0.328 e. The SMILES string of the molecule is COC(=O)C(C)n1ccc(=O)[nH]c1=S. The molecule has 0 bridgehead atoms. The molecule has 0 spiro atoms. The van der Waals surface area contributed by atoms with Crippen molar-refractivity contribution in [3.05, 3.63) is 27.4 Å². The normalized spacial score (nSPS) is 12.1. The van der Waals surface area contributed by atoms with Crippen molar-refractivity contribution in [1.29, 1.82) is 0 Å². The summed E-state index contributed by atoms with van der Waals surface area (Å²) in [7, 11) is 1.30. The zero-order valence-electron chi connectivity index (χ0n) is 7.81. The number of methoxy groups -OCH3 is 1. The van der Waals surface area contributed by atoms with Gasteiger partial charge in [-0.3, -0.25) is 9.78 Å². The summed E-state index contributed by atoms with van der Waals surface area (Å²) in [6.45, 7) is 1.64. The average Bonchev–Trinajstić information content (AvgIpc) is 2.15. The van der Waals surface area contributed by atoms with Gasteiger partial charge < -0.3 is 9.30 Å². The van der Waals surface area contributed by atoms with Crippen LogP contribution >= 0.6 is 12.2 Å². The molecule has 1 aromatic heterocycles. The summed E-state index contributed by atoms with van der Waals surface area (Å²) in [5.41, 5.74) is -0.289. The molecule has 1 atom stereocenters. The third-order valence-corrected chi connectivity index (χ3v) is 2.12. The molecule has 1 heterocycles. The Balaban J connectivity index is 3.14. The molecule has 0 amide bonds. The van der Waals surface area contributed by atoms with E-state index in [9.17, 15) is 9.59 Å². The van der Waals surface area contributed by atoms with E-state index in [1.54, 1.807) is 6.92 Å². The van der Waals surface area contributed by atoms with Crippen LogP contribution in [-0.2, 0) is 9.53 Å². The third kappa shape index (κ3) is 2.08. The molecule has 0 saturated carbocycles. The summed E-state index contributed by atoms with van der Waals surface area (Å²) in [5, 5.41) is 0. The molecule has 5 nitrogen and oxygen atoms in total. The van der Waals surface area contributed by atoms with Crippen LogP contribution in [0.15, 0.2) is 17.1 Å². The number of carbonyl (C=O) groups is 1. The van der Waals surface area contributed by atoms with Crippen molar-refractivity contribution in [1.82, 2.24) is 9.55 Å². The molecule has 0 saturated heterocycles. The fourth-order valence-corrected chi connectivity index (χ4v) is 1.34. The number of esters is 1. The first-order valence-electron chi connectivity index (χ1n) is 3.95. The van der Waals surface area contributed by atoms with Gasteiger partial charge in [-0.2, -0.15) is 0 Å². The number of nitrogens with one attached hydrogen (secondary N) is 1. The van der Waals surface area contributed by atoms with Crippen LogP contribution in [0.2, 0.25) is 0 Å².